The van der Waals surface area contributed by atoms with Crippen molar-refractivity contribution in [1.82, 2.24) is 4.90 Å². The SMILES string of the molecule is CC(C)C(C(O)CCl)N(Cc1ccccc1)Cc1ccccc1. The third-order valence-corrected chi connectivity index (χ3v) is 4.43. The summed E-state index contributed by atoms with van der Waals surface area (Å²) in [4.78, 5) is 2.34. The summed E-state index contributed by atoms with van der Waals surface area (Å²) in [6.07, 6.45) is -0.538. The highest BCUT2D eigenvalue weighted by Gasteiger charge is 2.28. The number of benzene rings is 2. The molecule has 0 aromatic heterocycles. The molecular weight excluding hydrogens is 306 g/mol. The van der Waals surface area contributed by atoms with Crippen LogP contribution >= 0.6 is 11.6 Å². The summed E-state index contributed by atoms with van der Waals surface area (Å²) in [5.41, 5.74) is 2.49. The Morgan fingerprint density at radius 2 is 1.30 bits per heavy atom. The molecule has 2 aromatic rings. The van der Waals surface area contributed by atoms with E-state index in [1.54, 1.807) is 0 Å². The van der Waals surface area contributed by atoms with Gasteiger partial charge in [0.2, 0.25) is 0 Å². The Morgan fingerprint density at radius 1 is 0.870 bits per heavy atom. The van der Waals surface area contributed by atoms with E-state index in [1.807, 2.05) is 12.1 Å². The first-order valence-electron chi connectivity index (χ1n) is 8.17. The van der Waals surface area contributed by atoms with E-state index in [0.717, 1.165) is 13.1 Å². The molecule has 0 saturated heterocycles. The maximum Gasteiger partial charge on any atom is 0.0833 e. The number of nitrogens with zero attached hydrogens (tertiary/aromatic N) is 1. The first kappa shape index (κ1) is 18.0. The zero-order valence-electron chi connectivity index (χ0n) is 13.9. The third kappa shape index (κ3) is 5.35. The van der Waals surface area contributed by atoms with Gasteiger partial charge in [0.15, 0.2) is 0 Å². The van der Waals surface area contributed by atoms with Crippen molar-refractivity contribution in [2.24, 2.45) is 5.92 Å². The summed E-state index contributed by atoms with van der Waals surface area (Å²) in [7, 11) is 0. The molecule has 2 nitrogen and oxygen atoms in total. The second kappa shape index (κ2) is 9.07. The number of hydrogen-bond acceptors (Lipinski definition) is 2. The van der Waals surface area contributed by atoms with Gasteiger partial charge in [-0.25, -0.2) is 0 Å². The van der Waals surface area contributed by atoms with E-state index in [-0.39, 0.29) is 11.9 Å². The summed E-state index contributed by atoms with van der Waals surface area (Å²) in [6, 6.07) is 20.8. The molecule has 0 radical (unpaired) electrons. The van der Waals surface area contributed by atoms with Crippen molar-refractivity contribution in [3.8, 4) is 0 Å². The molecule has 23 heavy (non-hydrogen) atoms. The Labute approximate surface area is 144 Å². The first-order chi connectivity index (χ1) is 11.1. The average Bonchev–Trinajstić information content (AvgIpc) is 2.56. The van der Waals surface area contributed by atoms with E-state index in [9.17, 15) is 5.11 Å². The van der Waals surface area contributed by atoms with Crippen LogP contribution in [-0.4, -0.2) is 28.0 Å². The van der Waals surface area contributed by atoms with Gasteiger partial charge in [-0.15, -0.1) is 11.6 Å². The molecule has 2 atom stereocenters. The van der Waals surface area contributed by atoms with Gasteiger partial charge in [-0.1, -0.05) is 74.5 Å². The van der Waals surface area contributed by atoms with E-state index in [0.29, 0.717) is 5.92 Å². The minimum absolute atomic E-state index is 0.0212. The molecule has 0 aliphatic heterocycles. The van der Waals surface area contributed by atoms with Crippen LogP contribution < -0.4 is 0 Å². The van der Waals surface area contributed by atoms with Crippen LogP contribution in [0.4, 0.5) is 0 Å². The predicted octanol–water partition coefficient (Wildman–Crippen LogP) is 4.31. The fourth-order valence-corrected chi connectivity index (χ4v) is 3.29. The fourth-order valence-electron chi connectivity index (χ4n) is 3.10. The summed E-state index contributed by atoms with van der Waals surface area (Å²) < 4.78 is 0. The second-order valence-electron chi connectivity index (χ2n) is 6.33. The number of alkyl halides is 1. The molecule has 0 fully saturated rings. The lowest BCUT2D eigenvalue weighted by Crippen LogP contribution is -2.47. The van der Waals surface area contributed by atoms with Gasteiger partial charge in [-0.2, -0.15) is 0 Å². The van der Waals surface area contributed by atoms with Gasteiger partial charge < -0.3 is 5.11 Å². The minimum atomic E-state index is -0.538. The van der Waals surface area contributed by atoms with Gasteiger partial charge in [0, 0.05) is 25.0 Å². The second-order valence-corrected chi connectivity index (χ2v) is 6.64. The zero-order valence-corrected chi connectivity index (χ0v) is 14.7. The quantitative estimate of drug-likeness (QED) is 0.728. The zero-order chi connectivity index (χ0) is 16.7. The van der Waals surface area contributed by atoms with Crippen LogP contribution in [0.5, 0.6) is 0 Å². The van der Waals surface area contributed by atoms with Crippen LogP contribution in [0.1, 0.15) is 25.0 Å². The number of aliphatic hydroxyl groups excluding tert-OH is 1. The summed E-state index contributed by atoms with van der Waals surface area (Å²) in [5.74, 6) is 0.569. The predicted molar refractivity (Wildman–Crippen MR) is 97.5 cm³/mol. The van der Waals surface area contributed by atoms with E-state index in [1.165, 1.54) is 11.1 Å². The smallest absolute Gasteiger partial charge is 0.0833 e. The van der Waals surface area contributed by atoms with Gasteiger partial charge in [0.1, 0.15) is 0 Å². The maximum atomic E-state index is 10.4. The fraction of sp³-hybridized carbons (Fsp3) is 0.400. The highest BCUT2D eigenvalue weighted by atomic mass is 35.5. The van der Waals surface area contributed by atoms with E-state index >= 15 is 0 Å². The first-order valence-corrected chi connectivity index (χ1v) is 8.71. The molecule has 3 heteroatoms. The summed E-state index contributed by atoms with van der Waals surface area (Å²) in [6.45, 7) is 5.88. The number of aliphatic hydroxyl groups is 1. The lowest BCUT2D eigenvalue weighted by molar-refractivity contribution is 0.0264. The molecule has 2 unspecified atom stereocenters. The van der Waals surface area contributed by atoms with E-state index < -0.39 is 6.10 Å². The normalized spacial score (nSPS) is 14.2. The van der Waals surface area contributed by atoms with Crippen LogP contribution in [0.15, 0.2) is 60.7 Å². The molecule has 0 spiro atoms. The lowest BCUT2D eigenvalue weighted by Gasteiger charge is -2.37. The molecule has 1 N–H and O–H groups in total. The Balaban J connectivity index is 2.25. The van der Waals surface area contributed by atoms with Crippen molar-refractivity contribution in [1.29, 1.82) is 0 Å². The molecule has 0 aliphatic carbocycles. The summed E-state index contributed by atoms with van der Waals surface area (Å²) >= 11 is 5.96. The average molecular weight is 332 g/mol. The van der Waals surface area contributed by atoms with Gasteiger partial charge in [0.05, 0.1) is 6.10 Å². The third-order valence-electron chi connectivity index (χ3n) is 4.11. The molecule has 124 valence electrons. The monoisotopic (exact) mass is 331 g/mol. The lowest BCUT2D eigenvalue weighted by atomic mass is 9.96. The Hall–Kier alpha value is -1.35. The van der Waals surface area contributed by atoms with Crippen molar-refractivity contribution in [2.45, 2.75) is 39.1 Å². The Bertz CT molecular complexity index is 517. The highest BCUT2D eigenvalue weighted by molar-refractivity contribution is 6.18. The van der Waals surface area contributed by atoms with Crippen molar-refractivity contribution in [3.05, 3.63) is 71.8 Å². The molecule has 2 aromatic carbocycles. The standard InChI is InChI=1S/C20H26ClNO/c1-16(2)20(19(23)13-21)22(14-17-9-5-3-6-10-17)15-18-11-7-4-8-12-18/h3-12,16,19-20,23H,13-15H2,1-2H3. The van der Waals surface area contributed by atoms with Crippen LogP contribution in [-0.2, 0) is 13.1 Å². The number of halogens is 1. The van der Waals surface area contributed by atoms with Crippen molar-refractivity contribution < 1.29 is 5.11 Å². The molecule has 2 rings (SSSR count). The largest absolute Gasteiger partial charge is 0.390 e. The van der Waals surface area contributed by atoms with E-state index in [4.69, 9.17) is 11.6 Å². The molecule has 0 saturated carbocycles. The Morgan fingerprint density at radius 3 is 1.65 bits per heavy atom. The maximum absolute atomic E-state index is 10.4. The molecule has 0 bridgehead atoms. The minimum Gasteiger partial charge on any atom is -0.390 e. The van der Waals surface area contributed by atoms with Crippen LogP contribution in [0.3, 0.4) is 0 Å². The van der Waals surface area contributed by atoms with E-state index in [2.05, 4.69) is 67.3 Å². The number of rotatable bonds is 8. The number of hydrogen-bond donors (Lipinski definition) is 1. The van der Waals surface area contributed by atoms with Crippen molar-refractivity contribution in [2.75, 3.05) is 5.88 Å². The van der Waals surface area contributed by atoms with Crippen molar-refractivity contribution in [3.63, 3.8) is 0 Å². The molecule has 0 amide bonds. The van der Waals surface area contributed by atoms with Gasteiger partial charge in [-0.05, 0) is 17.0 Å². The summed E-state index contributed by atoms with van der Waals surface area (Å²) in [5, 5.41) is 10.4. The van der Waals surface area contributed by atoms with Crippen LogP contribution in [0.25, 0.3) is 0 Å². The van der Waals surface area contributed by atoms with Crippen LogP contribution in [0, 0.1) is 5.92 Å². The van der Waals surface area contributed by atoms with Gasteiger partial charge >= 0.3 is 0 Å². The Kier molecular flexibility index (Phi) is 7.10. The van der Waals surface area contributed by atoms with Crippen molar-refractivity contribution >= 4 is 11.6 Å². The highest BCUT2D eigenvalue weighted by Crippen LogP contribution is 2.21. The molecule has 0 aliphatic rings. The topological polar surface area (TPSA) is 23.5 Å². The molecular formula is C20H26ClNO. The van der Waals surface area contributed by atoms with Gasteiger partial charge in [0.25, 0.3) is 0 Å². The van der Waals surface area contributed by atoms with Gasteiger partial charge in [-0.3, -0.25) is 4.90 Å². The molecule has 0 heterocycles. The van der Waals surface area contributed by atoms with Crippen LogP contribution in [0.2, 0.25) is 0 Å².